The van der Waals surface area contributed by atoms with Crippen molar-refractivity contribution in [3.8, 4) is 0 Å². The minimum Gasteiger partial charge on any atom is -0.388 e. The summed E-state index contributed by atoms with van der Waals surface area (Å²) in [4.78, 5) is 30.8. The number of H-pyrrole nitrogens is 1. The van der Waals surface area contributed by atoms with Gasteiger partial charge in [-0.3, -0.25) is 9.59 Å². The van der Waals surface area contributed by atoms with Gasteiger partial charge in [-0.1, -0.05) is 0 Å². The number of carbonyl (C=O) groups excluding carboxylic acids is 1. The number of aliphatic hydroxyl groups is 1. The molecule has 120 valence electrons. The molecule has 22 heavy (non-hydrogen) atoms. The number of nitrogens with one attached hydrogen (secondary N) is 2. The van der Waals surface area contributed by atoms with E-state index >= 15 is 0 Å². The summed E-state index contributed by atoms with van der Waals surface area (Å²) in [6.07, 6.45) is -1.44. The quantitative estimate of drug-likeness (QED) is 0.631. The van der Waals surface area contributed by atoms with Crippen LogP contribution in [0.15, 0.2) is 4.79 Å². The Morgan fingerprint density at radius 1 is 1.36 bits per heavy atom. The van der Waals surface area contributed by atoms with Crippen LogP contribution in [0.5, 0.6) is 0 Å². The van der Waals surface area contributed by atoms with Crippen molar-refractivity contribution in [1.29, 1.82) is 0 Å². The maximum atomic E-state index is 12.2. The summed E-state index contributed by atoms with van der Waals surface area (Å²) in [5.74, 6) is 0.227. The highest BCUT2D eigenvalue weighted by molar-refractivity contribution is 5.79. The molecule has 3 N–H and O–H groups in total. The number of nitrogens with zero attached hydrogens (tertiary/aromatic N) is 1. The van der Waals surface area contributed by atoms with Gasteiger partial charge in [-0.15, -0.1) is 0 Å². The first-order valence-electron chi connectivity index (χ1n) is 7.22. The maximum Gasteiger partial charge on any atom is 0.254 e. The molecule has 1 aromatic rings. The third-order valence-electron chi connectivity index (χ3n) is 4.05. The molecule has 1 aromatic heterocycles. The van der Waals surface area contributed by atoms with Crippen LogP contribution in [0.2, 0.25) is 0 Å². The van der Waals surface area contributed by atoms with Crippen molar-refractivity contribution in [3.05, 3.63) is 27.4 Å². The lowest BCUT2D eigenvalue weighted by Crippen LogP contribution is -2.45. The fourth-order valence-electron chi connectivity index (χ4n) is 2.98. The number of rotatable bonds is 3. The highest BCUT2D eigenvalue weighted by Gasteiger charge is 2.47. The molecule has 3 rings (SSSR count). The Hall–Kier alpha value is -1.77. The van der Waals surface area contributed by atoms with Crippen molar-refractivity contribution >= 4 is 5.91 Å². The zero-order valence-corrected chi connectivity index (χ0v) is 12.5. The smallest absolute Gasteiger partial charge is 0.254 e. The van der Waals surface area contributed by atoms with E-state index in [1.165, 1.54) is 0 Å². The number of hydrogen-bond acceptors (Lipinski definition) is 6. The predicted octanol–water partition coefficient (Wildman–Crippen LogP) is -1.43. The third-order valence-corrected chi connectivity index (χ3v) is 4.05. The Morgan fingerprint density at radius 3 is 2.82 bits per heavy atom. The number of aromatic amines is 1. The van der Waals surface area contributed by atoms with E-state index < -0.39 is 12.2 Å². The van der Waals surface area contributed by atoms with Crippen molar-refractivity contribution in [1.82, 2.24) is 15.3 Å². The van der Waals surface area contributed by atoms with E-state index in [0.717, 1.165) is 0 Å². The van der Waals surface area contributed by atoms with E-state index in [4.69, 9.17) is 9.47 Å². The number of hydrogen-bond donors (Lipinski definition) is 3. The Balaban J connectivity index is 1.65. The Morgan fingerprint density at radius 2 is 2.09 bits per heavy atom. The normalized spacial score (nSPS) is 30.3. The summed E-state index contributed by atoms with van der Waals surface area (Å²) in [5.41, 5.74) is 0.601. The van der Waals surface area contributed by atoms with Gasteiger partial charge >= 0.3 is 0 Å². The van der Waals surface area contributed by atoms with Crippen molar-refractivity contribution < 1.29 is 19.4 Å². The molecule has 3 heterocycles. The van der Waals surface area contributed by atoms with E-state index in [1.807, 2.05) is 0 Å². The molecule has 0 spiro atoms. The van der Waals surface area contributed by atoms with Gasteiger partial charge in [-0.25, -0.2) is 4.98 Å². The summed E-state index contributed by atoms with van der Waals surface area (Å²) >= 11 is 0. The van der Waals surface area contributed by atoms with Crippen molar-refractivity contribution in [2.45, 2.75) is 44.6 Å². The molecular weight excluding hydrogens is 290 g/mol. The highest BCUT2D eigenvalue weighted by Crippen LogP contribution is 2.26. The van der Waals surface area contributed by atoms with Gasteiger partial charge in [0.05, 0.1) is 25.7 Å². The van der Waals surface area contributed by atoms with Gasteiger partial charge in [0.2, 0.25) is 5.91 Å². The fourth-order valence-corrected chi connectivity index (χ4v) is 2.98. The number of aromatic nitrogens is 2. The average molecular weight is 309 g/mol. The second-order valence-corrected chi connectivity index (χ2v) is 5.73. The van der Waals surface area contributed by atoms with Crippen LogP contribution in [-0.2, 0) is 20.7 Å². The summed E-state index contributed by atoms with van der Waals surface area (Å²) in [5, 5.41) is 12.5. The Labute approximate surface area is 126 Å². The Bertz CT molecular complexity index is 644. The molecule has 0 radical (unpaired) electrons. The van der Waals surface area contributed by atoms with Crippen LogP contribution in [-0.4, -0.2) is 58.5 Å². The number of aryl methyl sites for hydroxylation is 2. The molecule has 4 atom stereocenters. The number of fused-ring (bicyclic) bond motifs is 1. The number of aliphatic hydroxyl groups excluding tert-OH is 1. The zero-order valence-electron chi connectivity index (χ0n) is 12.5. The molecule has 2 aliphatic rings. The Kier molecular flexibility index (Phi) is 3.98. The molecule has 1 amide bonds. The highest BCUT2D eigenvalue weighted by atomic mass is 16.6. The summed E-state index contributed by atoms with van der Waals surface area (Å²) < 4.78 is 10.9. The van der Waals surface area contributed by atoms with Crippen molar-refractivity contribution in [2.75, 3.05) is 13.2 Å². The van der Waals surface area contributed by atoms with Gasteiger partial charge < -0.3 is 24.9 Å². The van der Waals surface area contributed by atoms with Crippen LogP contribution in [0.25, 0.3) is 0 Å². The van der Waals surface area contributed by atoms with Crippen LogP contribution in [0, 0.1) is 13.8 Å². The molecular formula is C14H19N3O5. The topological polar surface area (TPSA) is 114 Å². The maximum absolute atomic E-state index is 12.2. The first-order valence-corrected chi connectivity index (χ1v) is 7.22. The van der Waals surface area contributed by atoms with E-state index in [0.29, 0.717) is 23.7 Å². The summed E-state index contributed by atoms with van der Waals surface area (Å²) in [6, 6.07) is -0.313. The minimum atomic E-state index is -0.654. The molecule has 0 unspecified atom stereocenters. The predicted molar refractivity (Wildman–Crippen MR) is 75.5 cm³/mol. The minimum absolute atomic E-state index is 0.0507. The van der Waals surface area contributed by atoms with Gasteiger partial charge in [-0.05, 0) is 13.8 Å². The van der Waals surface area contributed by atoms with Crippen LogP contribution in [0.3, 0.4) is 0 Å². The second-order valence-electron chi connectivity index (χ2n) is 5.73. The summed E-state index contributed by atoms with van der Waals surface area (Å²) in [6.45, 7) is 3.90. The first-order chi connectivity index (χ1) is 10.5. The SMILES string of the molecule is Cc1nc(C)c(CC(=O)N[C@H]2CO[C@H]3[C@@H]2OC[C@@H]3O)c(=O)[nH]1. The molecule has 8 heteroatoms. The van der Waals surface area contributed by atoms with Crippen LogP contribution in [0.4, 0.5) is 0 Å². The molecule has 0 aromatic carbocycles. The number of carbonyl (C=O) groups is 1. The fraction of sp³-hybridized carbons (Fsp3) is 0.643. The monoisotopic (exact) mass is 309 g/mol. The first kappa shape index (κ1) is 15.1. The van der Waals surface area contributed by atoms with Gasteiger partial charge in [0, 0.05) is 11.3 Å². The lowest BCUT2D eigenvalue weighted by molar-refractivity contribution is -0.121. The van der Waals surface area contributed by atoms with Gasteiger partial charge in [0.25, 0.3) is 5.56 Å². The van der Waals surface area contributed by atoms with Gasteiger partial charge in [0.15, 0.2) is 0 Å². The molecule has 0 saturated carbocycles. The lowest BCUT2D eigenvalue weighted by atomic mass is 10.1. The standard InChI is InChI=1S/C14H19N3O5/c1-6-8(14(20)16-7(2)15-6)3-11(19)17-9-4-21-13-10(18)5-22-12(9)13/h9-10,12-13,18H,3-5H2,1-2H3,(H,17,19)(H,15,16,20)/t9-,10-,12+,13+/m0/s1. The molecule has 2 fully saturated rings. The van der Waals surface area contributed by atoms with Crippen LogP contribution in [0.1, 0.15) is 17.1 Å². The largest absolute Gasteiger partial charge is 0.388 e. The molecule has 2 saturated heterocycles. The van der Waals surface area contributed by atoms with E-state index in [1.54, 1.807) is 13.8 Å². The van der Waals surface area contributed by atoms with Crippen molar-refractivity contribution in [3.63, 3.8) is 0 Å². The van der Waals surface area contributed by atoms with Gasteiger partial charge in [0.1, 0.15) is 24.1 Å². The average Bonchev–Trinajstić information content (AvgIpc) is 2.99. The molecule has 2 aliphatic heterocycles. The zero-order chi connectivity index (χ0) is 15.9. The third kappa shape index (κ3) is 2.77. The van der Waals surface area contributed by atoms with Crippen molar-refractivity contribution in [2.24, 2.45) is 0 Å². The van der Waals surface area contributed by atoms with Crippen LogP contribution < -0.4 is 10.9 Å². The van der Waals surface area contributed by atoms with E-state index in [-0.39, 0.29) is 36.6 Å². The molecule has 0 bridgehead atoms. The molecule has 0 aliphatic carbocycles. The number of ether oxygens (including phenoxy) is 2. The summed E-state index contributed by atoms with van der Waals surface area (Å²) in [7, 11) is 0. The number of amides is 1. The van der Waals surface area contributed by atoms with Crippen LogP contribution >= 0.6 is 0 Å². The van der Waals surface area contributed by atoms with Gasteiger partial charge in [-0.2, -0.15) is 0 Å². The van der Waals surface area contributed by atoms with E-state index in [9.17, 15) is 14.7 Å². The van der Waals surface area contributed by atoms with E-state index in [2.05, 4.69) is 15.3 Å². The molecule has 8 nitrogen and oxygen atoms in total. The lowest BCUT2D eigenvalue weighted by Gasteiger charge is -2.17. The second kappa shape index (κ2) is 5.79.